The third kappa shape index (κ3) is 3.86. The number of carboxylic acids is 1. The number of amides is 1. The van der Waals surface area contributed by atoms with Crippen LogP contribution in [0.3, 0.4) is 0 Å². The summed E-state index contributed by atoms with van der Waals surface area (Å²) in [4.78, 5) is 25.4. The highest BCUT2D eigenvalue weighted by atomic mass is 32.2. The van der Waals surface area contributed by atoms with Crippen LogP contribution >= 0.6 is 11.3 Å². The van der Waals surface area contributed by atoms with Gasteiger partial charge in [-0.05, 0) is 18.9 Å². The van der Waals surface area contributed by atoms with Gasteiger partial charge in [-0.3, -0.25) is 4.79 Å². The minimum atomic E-state index is -3.04. The smallest absolute Gasteiger partial charge is 0.336 e. The number of carbonyl (C=O) groups is 2. The van der Waals surface area contributed by atoms with Crippen molar-refractivity contribution in [1.29, 1.82) is 0 Å². The fraction of sp³-hybridized carbons (Fsp3) is 0.571. The molecule has 1 aliphatic rings. The second-order valence-corrected chi connectivity index (χ2v) is 8.88. The fourth-order valence-electron chi connectivity index (χ4n) is 2.55. The van der Waals surface area contributed by atoms with Gasteiger partial charge >= 0.3 is 5.97 Å². The number of likely N-dealkylation sites (tertiary alicyclic amines) is 1. The molecule has 1 aliphatic heterocycles. The lowest BCUT2D eigenvalue weighted by Gasteiger charge is -2.31. The van der Waals surface area contributed by atoms with Crippen molar-refractivity contribution in [3.05, 3.63) is 21.9 Å². The van der Waals surface area contributed by atoms with Crippen molar-refractivity contribution in [3.63, 3.8) is 0 Å². The molecule has 0 bridgehead atoms. The first-order valence-corrected chi connectivity index (χ1v) is 9.73. The molecule has 0 unspecified atom stereocenters. The predicted octanol–water partition coefficient (Wildman–Crippen LogP) is 1.41. The highest BCUT2D eigenvalue weighted by Crippen LogP contribution is 2.21. The van der Waals surface area contributed by atoms with Crippen LogP contribution < -0.4 is 0 Å². The van der Waals surface area contributed by atoms with Crippen LogP contribution in [0.25, 0.3) is 0 Å². The molecule has 22 heavy (non-hydrogen) atoms. The summed E-state index contributed by atoms with van der Waals surface area (Å²) in [7, 11) is -3.04. The third-order valence-corrected chi connectivity index (χ3v) is 7.16. The minimum Gasteiger partial charge on any atom is -0.478 e. The van der Waals surface area contributed by atoms with E-state index in [1.54, 1.807) is 11.8 Å². The summed E-state index contributed by atoms with van der Waals surface area (Å²) in [5.74, 6) is -0.939. The van der Waals surface area contributed by atoms with Crippen LogP contribution in [-0.2, 0) is 21.1 Å². The average Bonchev–Trinajstić information content (AvgIpc) is 2.96. The van der Waals surface area contributed by atoms with E-state index in [9.17, 15) is 18.0 Å². The number of thiophene rings is 1. The van der Waals surface area contributed by atoms with Crippen molar-refractivity contribution in [3.8, 4) is 0 Å². The summed E-state index contributed by atoms with van der Waals surface area (Å²) in [6.07, 6.45) is 1.13. The number of sulfone groups is 1. The van der Waals surface area contributed by atoms with Gasteiger partial charge in [0.05, 0.1) is 17.2 Å². The van der Waals surface area contributed by atoms with Gasteiger partial charge in [0.25, 0.3) is 0 Å². The normalized spacial score (nSPS) is 16.7. The largest absolute Gasteiger partial charge is 0.478 e. The molecule has 2 rings (SSSR count). The van der Waals surface area contributed by atoms with E-state index in [4.69, 9.17) is 5.11 Å². The Morgan fingerprint density at radius 2 is 2.00 bits per heavy atom. The molecule has 6 nitrogen and oxygen atoms in total. The van der Waals surface area contributed by atoms with Gasteiger partial charge in [0.2, 0.25) is 5.91 Å². The van der Waals surface area contributed by atoms with E-state index < -0.39 is 15.8 Å². The van der Waals surface area contributed by atoms with Crippen molar-refractivity contribution in [2.24, 2.45) is 0 Å². The molecule has 0 saturated carbocycles. The lowest BCUT2D eigenvalue weighted by Crippen LogP contribution is -2.43. The topological polar surface area (TPSA) is 91.8 Å². The minimum absolute atomic E-state index is 0.0777. The lowest BCUT2D eigenvalue weighted by atomic mass is 10.1. The Labute approximate surface area is 133 Å². The number of carbonyl (C=O) groups excluding carboxylic acids is 1. The monoisotopic (exact) mass is 345 g/mol. The van der Waals surface area contributed by atoms with Crippen LogP contribution in [0.4, 0.5) is 0 Å². The highest BCUT2D eigenvalue weighted by Gasteiger charge is 2.30. The van der Waals surface area contributed by atoms with Crippen LogP contribution in [-0.4, -0.2) is 54.4 Å². The Morgan fingerprint density at radius 3 is 2.50 bits per heavy atom. The van der Waals surface area contributed by atoms with E-state index in [1.165, 1.54) is 22.8 Å². The number of aromatic carboxylic acids is 1. The first-order valence-electron chi connectivity index (χ1n) is 7.13. The molecule has 2 heterocycles. The molecule has 1 N–H and O–H groups in total. The number of carboxylic acid groups (broad SMARTS) is 1. The number of hydrogen-bond donors (Lipinski definition) is 1. The van der Waals surface area contributed by atoms with Crippen LogP contribution in [0.5, 0.6) is 0 Å². The van der Waals surface area contributed by atoms with Crippen LogP contribution in [0.1, 0.15) is 35.0 Å². The van der Waals surface area contributed by atoms with Gasteiger partial charge in [-0.25, -0.2) is 13.2 Å². The summed E-state index contributed by atoms with van der Waals surface area (Å²) in [5, 5.41) is 10.0. The molecule has 0 radical (unpaired) electrons. The molecular formula is C14H19NO5S2. The molecule has 8 heteroatoms. The summed E-state index contributed by atoms with van der Waals surface area (Å²) in [6, 6.07) is 1.51. The Morgan fingerprint density at radius 1 is 1.36 bits per heavy atom. The quantitative estimate of drug-likeness (QED) is 0.871. The van der Waals surface area contributed by atoms with Crippen LogP contribution in [0, 0.1) is 0 Å². The molecule has 0 aromatic carbocycles. The average molecular weight is 345 g/mol. The summed E-state index contributed by atoms with van der Waals surface area (Å²) >= 11 is 1.25. The maximum atomic E-state index is 12.2. The second-order valence-electron chi connectivity index (χ2n) is 5.32. The standard InChI is InChI=1S/C14H19NO5S2/c1-2-22(19,20)12-3-5-15(6-4-12)13(16)8-11-7-10(9-21-11)14(17)18/h7,9,12H,2-6,8H2,1H3,(H,17,18). The first-order chi connectivity index (χ1) is 10.3. The van der Waals surface area contributed by atoms with Crippen molar-refractivity contribution < 1.29 is 23.1 Å². The van der Waals surface area contributed by atoms with Crippen molar-refractivity contribution >= 4 is 33.1 Å². The number of nitrogens with zero attached hydrogens (tertiary/aromatic N) is 1. The Kier molecular flexibility index (Phi) is 5.23. The SMILES string of the molecule is CCS(=O)(=O)C1CCN(C(=O)Cc2cc(C(=O)O)cs2)CC1. The van der Waals surface area contributed by atoms with E-state index in [2.05, 4.69) is 0 Å². The van der Waals surface area contributed by atoms with Gasteiger partial charge in [-0.2, -0.15) is 0 Å². The Hall–Kier alpha value is -1.41. The molecule has 0 aliphatic carbocycles. The van der Waals surface area contributed by atoms with Crippen molar-refractivity contribution in [1.82, 2.24) is 4.90 Å². The zero-order valence-corrected chi connectivity index (χ0v) is 14.0. The number of hydrogen-bond acceptors (Lipinski definition) is 5. The molecule has 1 fully saturated rings. The molecule has 1 saturated heterocycles. The highest BCUT2D eigenvalue weighted by molar-refractivity contribution is 7.92. The lowest BCUT2D eigenvalue weighted by molar-refractivity contribution is -0.131. The molecule has 0 spiro atoms. The van der Waals surface area contributed by atoms with E-state index >= 15 is 0 Å². The Bertz CT molecular complexity index is 657. The maximum Gasteiger partial charge on any atom is 0.336 e. The van der Waals surface area contributed by atoms with E-state index in [1.807, 2.05) is 0 Å². The molecule has 0 atom stereocenters. The summed E-state index contributed by atoms with van der Waals surface area (Å²) in [5.41, 5.74) is 0.195. The van der Waals surface area contributed by atoms with E-state index in [-0.39, 0.29) is 28.9 Å². The second kappa shape index (κ2) is 6.78. The van der Waals surface area contributed by atoms with Gasteiger partial charge in [0.15, 0.2) is 9.84 Å². The van der Waals surface area contributed by atoms with Crippen molar-refractivity contribution in [2.75, 3.05) is 18.8 Å². The fourth-order valence-corrected chi connectivity index (χ4v) is 4.80. The van der Waals surface area contributed by atoms with Gasteiger partial charge in [-0.1, -0.05) is 6.92 Å². The van der Waals surface area contributed by atoms with E-state index in [0.717, 1.165) is 0 Å². The van der Waals surface area contributed by atoms with Gasteiger partial charge in [0.1, 0.15) is 0 Å². The zero-order chi connectivity index (χ0) is 16.3. The van der Waals surface area contributed by atoms with Gasteiger partial charge in [-0.15, -0.1) is 11.3 Å². The van der Waals surface area contributed by atoms with Crippen LogP contribution in [0.2, 0.25) is 0 Å². The number of piperidine rings is 1. The third-order valence-electron chi connectivity index (χ3n) is 3.93. The first kappa shape index (κ1) is 17.0. The Balaban J connectivity index is 1.91. The molecule has 1 aromatic heterocycles. The molecule has 122 valence electrons. The molecule has 1 aromatic rings. The van der Waals surface area contributed by atoms with Gasteiger partial charge in [0, 0.05) is 29.1 Å². The van der Waals surface area contributed by atoms with E-state index in [0.29, 0.717) is 30.8 Å². The zero-order valence-electron chi connectivity index (χ0n) is 12.3. The summed E-state index contributed by atoms with van der Waals surface area (Å²) < 4.78 is 23.7. The summed E-state index contributed by atoms with van der Waals surface area (Å²) in [6.45, 7) is 2.53. The predicted molar refractivity (Wildman–Crippen MR) is 84.0 cm³/mol. The molecular weight excluding hydrogens is 326 g/mol. The van der Waals surface area contributed by atoms with Crippen molar-refractivity contribution in [2.45, 2.75) is 31.4 Å². The maximum absolute atomic E-state index is 12.2. The number of rotatable bonds is 5. The van der Waals surface area contributed by atoms with Crippen LogP contribution in [0.15, 0.2) is 11.4 Å². The van der Waals surface area contributed by atoms with Gasteiger partial charge < -0.3 is 10.0 Å². The molecule has 1 amide bonds.